The molecule has 118 valence electrons. The maximum Gasteiger partial charge on any atom is 0.123 e. The van der Waals surface area contributed by atoms with Crippen molar-refractivity contribution in [2.24, 2.45) is 0 Å². The van der Waals surface area contributed by atoms with Gasteiger partial charge in [0, 0.05) is 16.6 Å². The van der Waals surface area contributed by atoms with Crippen molar-refractivity contribution in [2.45, 2.75) is 51.5 Å². The van der Waals surface area contributed by atoms with Gasteiger partial charge in [0.25, 0.3) is 0 Å². The molecule has 0 bridgehead atoms. The smallest absolute Gasteiger partial charge is 0.123 e. The average molecular weight is 310 g/mol. The summed E-state index contributed by atoms with van der Waals surface area (Å²) < 4.78 is 5.49. The third-order valence-electron chi connectivity index (χ3n) is 3.61. The lowest BCUT2D eigenvalue weighted by Gasteiger charge is -2.21. The number of benzene rings is 1. The fourth-order valence-electron chi connectivity index (χ4n) is 2.48. The van der Waals surface area contributed by atoms with Crippen molar-refractivity contribution in [3.05, 3.63) is 41.4 Å². The van der Waals surface area contributed by atoms with Crippen LogP contribution in [0.3, 0.4) is 0 Å². The molecule has 1 aromatic rings. The van der Waals surface area contributed by atoms with Gasteiger partial charge in [0.15, 0.2) is 0 Å². The predicted molar refractivity (Wildman–Crippen MR) is 92.3 cm³/mol. The summed E-state index contributed by atoms with van der Waals surface area (Å²) in [6, 6.07) is 6.17. The molecule has 1 aromatic carbocycles. The molecule has 2 nitrogen and oxygen atoms in total. The standard InChI is InChI=1S/C18H28ClNO/c1-4-6-7-8-9-10-17(20-13-5-2)16-14-15(19)11-12-18(16)21-3/h4,11-12,14,17,20H,1,5-10,13H2,2-3H3. The lowest BCUT2D eigenvalue weighted by atomic mass is 9.98. The van der Waals surface area contributed by atoms with Crippen LogP contribution in [-0.2, 0) is 0 Å². The summed E-state index contributed by atoms with van der Waals surface area (Å²) in [6.45, 7) is 6.96. The van der Waals surface area contributed by atoms with E-state index >= 15 is 0 Å². The van der Waals surface area contributed by atoms with Gasteiger partial charge in [-0.3, -0.25) is 0 Å². The van der Waals surface area contributed by atoms with Crippen molar-refractivity contribution in [3.8, 4) is 5.75 Å². The van der Waals surface area contributed by atoms with E-state index < -0.39 is 0 Å². The molecule has 0 aliphatic rings. The Morgan fingerprint density at radius 2 is 2.14 bits per heavy atom. The SMILES string of the molecule is C=CCCCCCC(NCCC)c1cc(Cl)ccc1OC. The highest BCUT2D eigenvalue weighted by Gasteiger charge is 2.15. The van der Waals surface area contributed by atoms with Crippen LogP contribution in [-0.4, -0.2) is 13.7 Å². The zero-order valence-corrected chi connectivity index (χ0v) is 14.1. The van der Waals surface area contributed by atoms with Crippen molar-refractivity contribution >= 4 is 11.6 Å². The van der Waals surface area contributed by atoms with Crippen LogP contribution in [0.5, 0.6) is 5.75 Å². The molecule has 1 atom stereocenters. The van der Waals surface area contributed by atoms with Crippen LogP contribution >= 0.6 is 11.6 Å². The molecule has 0 amide bonds. The highest BCUT2D eigenvalue weighted by molar-refractivity contribution is 6.30. The average Bonchev–Trinajstić information content (AvgIpc) is 2.50. The fourth-order valence-corrected chi connectivity index (χ4v) is 2.66. The molecule has 0 aromatic heterocycles. The Hall–Kier alpha value is -0.990. The Labute approximate surface area is 134 Å². The van der Waals surface area contributed by atoms with E-state index in [9.17, 15) is 0 Å². The van der Waals surface area contributed by atoms with Crippen molar-refractivity contribution in [1.29, 1.82) is 0 Å². The van der Waals surface area contributed by atoms with Gasteiger partial charge >= 0.3 is 0 Å². The molecule has 1 rings (SSSR count). The topological polar surface area (TPSA) is 21.3 Å². The number of unbranched alkanes of at least 4 members (excludes halogenated alkanes) is 3. The van der Waals surface area contributed by atoms with E-state index in [0.717, 1.165) is 36.6 Å². The zero-order valence-electron chi connectivity index (χ0n) is 13.3. The van der Waals surface area contributed by atoms with Crippen molar-refractivity contribution in [1.82, 2.24) is 5.32 Å². The third kappa shape index (κ3) is 6.54. The molecule has 21 heavy (non-hydrogen) atoms. The summed E-state index contributed by atoms with van der Waals surface area (Å²) in [6.07, 6.45) is 8.98. The van der Waals surface area contributed by atoms with Crippen LogP contribution in [0.25, 0.3) is 0 Å². The fraction of sp³-hybridized carbons (Fsp3) is 0.556. The van der Waals surface area contributed by atoms with E-state index in [-0.39, 0.29) is 0 Å². The van der Waals surface area contributed by atoms with Crippen molar-refractivity contribution < 1.29 is 4.74 Å². The lowest BCUT2D eigenvalue weighted by Crippen LogP contribution is -2.22. The van der Waals surface area contributed by atoms with Gasteiger partial charge in [-0.05, 0) is 50.4 Å². The van der Waals surface area contributed by atoms with Gasteiger partial charge in [-0.1, -0.05) is 37.4 Å². The van der Waals surface area contributed by atoms with Crippen LogP contribution in [0.4, 0.5) is 0 Å². The van der Waals surface area contributed by atoms with Gasteiger partial charge in [-0.2, -0.15) is 0 Å². The minimum absolute atomic E-state index is 0.308. The van der Waals surface area contributed by atoms with Crippen LogP contribution in [0.15, 0.2) is 30.9 Å². The zero-order chi connectivity index (χ0) is 15.5. The third-order valence-corrected chi connectivity index (χ3v) is 3.84. The lowest BCUT2D eigenvalue weighted by molar-refractivity contribution is 0.391. The van der Waals surface area contributed by atoms with Gasteiger partial charge < -0.3 is 10.1 Å². The summed E-state index contributed by atoms with van der Waals surface area (Å²) in [5, 5.41) is 4.38. The first-order valence-electron chi connectivity index (χ1n) is 7.90. The second-order valence-corrected chi connectivity index (χ2v) is 5.76. The molecule has 3 heteroatoms. The summed E-state index contributed by atoms with van der Waals surface area (Å²) >= 11 is 6.16. The van der Waals surface area contributed by atoms with Crippen LogP contribution in [0, 0.1) is 0 Å². The van der Waals surface area contributed by atoms with E-state index in [1.807, 2.05) is 24.3 Å². The summed E-state index contributed by atoms with van der Waals surface area (Å²) in [5.74, 6) is 0.916. The number of ether oxygens (including phenoxy) is 1. The van der Waals surface area contributed by atoms with Crippen LogP contribution in [0.1, 0.15) is 57.1 Å². The van der Waals surface area contributed by atoms with E-state index in [2.05, 4.69) is 18.8 Å². The molecule has 1 N–H and O–H groups in total. The molecule has 0 aliphatic carbocycles. The van der Waals surface area contributed by atoms with Gasteiger partial charge in [-0.15, -0.1) is 6.58 Å². The second kappa shape index (κ2) is 10.7. The highest BCUT2D eigenvalue weighted by atomic mass is 35.5. The van der Waals surface area contributed by atoms with E-state index in [0.29, 0.717) is 6.04 Å². The predicted octanol–water partition coefficient (Wildman–Crippen LogP) is 5.53. The molecule has 0 radical (unpaired) electrons. The molecule has 0 spiro atoms. The maximum atomic E-state index is 6.16. The normalized spacial score (nSPS) is 12.1. The Balaban J connectivity index is 2.71. The maximum absolute atomic E-state index is 6.16. The molecular formula is C18H28ClNO. The molecule has 0 fully saturated rings. The second-order valence-electron chi connectivity index (χ2n) is 5.32. The first-order chi connectivity index (χ1) is 10.2. The summed E-state index contributed by atoms with van der Waals surface area (Å²) in [4.78, 5) is 0. The van der Waals surface area contributed by atoms with E-state index in [4.69, 9.17) is 16.3 Å². The highest BCUT2D eigenvalue weighted by Crippen LogP contribution is 2.31. The molecule has 0 aliphatic heterocycles. The van der Waals surface area contributed by atoms with Gasteiger partial charge in [-0.25, -0.2) is 0 Å². The monoisotopic (exact) mass is 309 g/mol. The Morgan fingerprint density at radius 1 is 1.33 bits per heavy atom. The number of allylic oxidation sites excluding steroid dienone is 1. The van der Waals surface area contributed by atoms with Gasteiger partial charge in [0.05, 0.1) is 7.11 Å². The molecule has 0 saturated carbocycles. The number of nitrogens with one attached hydrogen (secondary N) is 1. The number of halogens is 1. The minimum Gasteiger partial charge on any atom is -0.496 e. The first-order valence-corrected chi connectivity index (χ1v) is 8.28. The Bertz CT molecular complexity index is 420. The number of hydrogen-bond donors (Lipinski definition) is 1. The molecule has 1 unspecified atom stereocenters. The molecular weight excluding hydrogens is 282 g/mol. The van der Waals surface area contributed by atoms with Crippen LogP contribution in [0.2, 0.25) is 5.02 Å². The molecule has 0 heterocycles. The Kier molecular flexibility index (Phi) is 9.20. The van der Waals surface area contributed by atoms with Crippen LogP contribution < -0.4 is 10.1 Å². The Morgan fingerprint density at radius 3 is 2.81 bits per heavy atom. The quantitative estimate of drug-likeness (QED) is 0.429. The first kappa shape index (κ1) is 18.1. The van der Waals surface area contributed by atoms with E-state index in [1.54, 1.807) is 7.11 Å². The summed E-state index contributed by atoms with van der Waals surface area (Å²) in [7, 11) is 1.72. The van der Waals surface area contributed by atoms with Gasteiger partial charge in [0.1, 0.15) is 5.75 Å². The number of rotatable bonds is 11. The van der Waals surface area contributed by atoms with Crippen molar-refractivity contribution in [3.63, 3.8) is 0 Å². The largest absolute Gasteiger partial charge is 0.496 e. The summed E-state index contributed by atoms with van der Waals surface area (Å²) in [5.41, 5.74) is 1.17. The minimum atomic E-state index is 0.308. The molecule has 0 saturated heterocycles. The van der Waals surface area contributed by atoms with Gasteiger partial charge in [0.2, 0.25) is 0 Å². The van der Waals surface area contributed by atoms with E-state index in [1.165, 1.54) is 24.8 Å². The number of hydrogen-bond acceptors (Lipinski definition) is 2. The number of methoxy groups -OCH3 is 1. The van der Waals surface area contributed by atoms with Crippen molar-refractivity contribution in [2.75, 3.05) is 13.7 Å².